The van der Waals surface area contributed by atoms with Crippen LogP contribution < -0.4 is 27.6 Å². The van der Waals surface area contributed by atoms with Crippen molar-refractivity contribution in [2.24, 2.45) is 0 Å². The molecule has 2 atom stereocenters. The Balaban J connectivity index is 0.000000175. The van der Waals surface area contributed by atoms with Crippen LogP contribution in [0.4, 0.5) is 16.4 Å². The van der Waals surface area contributed by atoms with Crippen molar-refractivity contribution < 1.29 is 9.53 Å². The third-order valence-electron chi connectivity index (χ3n) is 12.2. The lowest BCUT2D eigenvalue weighted by Gasteiger charge is -2.34. The number of carbonyl (C=O) groups excluding carboxylic acids is 1. The third kappa shape index (κ3) is 9.38. The van der Waals surface area contributed by atoms with Gasteiger partial charge in [-0.25, -0.2) is 14.8 Å². The molecule has 348 valence electrons. The van der Waals surface area contributed by atoms with Crippen LogP contribution >= 0.6 is 0 Å². The number of nitrogens with zero attached hydrogens (tertiary/aromatic N) is 11. The molecule has 2 aliphatic heterocycles. The molecule has 5 N–H and O–H groups in total. The number of likely N-dealkylation sites (tertiary alicyclic amines) is 1. The molecule has 10 rings (SSSR count). The highest BCUT2D eigenvalue weighted by atomic mass is 16.6. The fourth-order valence-electron chi connectivity index (χ4n) is 8.93. The van der Waals surface area contributed by atoms with Gasteiger partial charge in [0.05, 0.1) is 45.0 Å². The number of nitrogen functional groups attached to an aromatic ring is 2. The summed E-state index contributed by atoms with van der Waals surface area (Å²) in [6, 6.07) is 26.1. The molecule has 2 aliphatic rings. The second-order valence-corrected chi connectivity index (χ2v) is 18.1. The Hall–Kier alpha value is -8.61. The highest BCUT2D eigenvalue weighted by Crippen LogP contribution is 2.38. The minimum absolute atomic E-state index is 0.0293. The molecule has 18 heteroatoms. The molecule has 2 saturated heterocycles. The summed E-state index contributed by atoms with van der Waals surface area (Å²) in [5.41, 5.74) is 19.0. The van der Waals surface area contributed by atoms with Gasteiger partial charge in [-0.05, 0) is 77.3 Å². The fourth-order valence-corrected chi connectivity index (χ4v) is 8.93. The minimum atomic E-state index is -0.592. The van der Waals surface area contributed by atoms with Crippen molar-refractivity contribution in [3.63, 3.8) is 0 Å². The van der Waals surface area contributed by atoms with Crippen LogP contribution in [0, 0.1) is 22.7 Å². The molecule has 69 heavy (non-hydrogen) atoms. The van der Waals surface area contributed by atoms with E-state index < -0.39 is 5.60 Å². The van der Waals surface area contributed by atoms with Crippen molar-refractivity contribution in [3.05, 3.63) is 142 Å². The first-order valence-corrected chi connectivity index (χ1v) is 22.7. The number of nitrogens with one attached hydrogen (secondary N) is 1. The van der Waals surface area contributed by atoms with Crippen molar-refractivity contribution in [1.29, 1.82) is 10.5 Å². The van der Waals surface area contributed by atoms with Crippen LogP contribution in [0.3, 0.4) is 0 Å². The Bertz CT molecular complexity index is 3380. The number of aromatic nitrogens is 8. The van der Waals surface area contributed by atoms with E-state index in [1.54, 1.807) is 29.7 Å². The third-order valence-corrected chi connectivity index (χ3v) is 12.2. The summed E-state index contributed by atoms with van der Waals surface area (Å²) < 4.78 is 13.1. The first kappa shape index (κ1) is 45.5. The number of pyridine rings is 4. The minimum Gasteiger partial charge on any atom is -0.444 e. The standard InChI is InChI=1S/C28H29N7O3.C23H21N7O/c1-28(2,3)38-27(37)34-12-4-5-21(17-34)35-25-19(15-29)16-31-26(30)23(25)24(32-35)18-6-8-20(9-7-18)33-13-10-22(36)11-14-33;24-12-16-13-27-23(25)20-21(28-30(22(16)20)18-2-1-9-26-14-18)15-3-5-17(6-4-15)29-10-7-19(31)8-11-29/h6-11,13-14,16,21H,4-5,12,17H2,1-3H3,(H2,30,31);3-8,10-11,13,18,26H,1-2,9,14H2,(H2,25,27)/t21-;18-/m11/s1. The van der Waals surface area contributed by atoms with Gasteiger partial charge in [-0.1, -0.05) is 24.3 Å². The van der Waals surface area contributed by atoms with Gasteiger partial charge in [0, 0.05) is 104 Å². The van der Waals surface area contributed by atoms with Gasteiger partial charge >= 0.3 is 6.09 Å². The maximum Gasteiger partial charge on any atom is 0.410 e. The monoisotopic (exact) mass is 922 g/mol. The second kappa shape index (κ2) is 18.9. The van der Waals surface area contributed by atoms with Crippen molar-refractivity contribution >= 4 is 39.5 Å². The van der Waals surface area contributed by atoms with Crippen LogP contribution in [-0.4, -0.2) is 81.4 Å². The first-order chi connectivity index (χ1) is 33.3. The van der Waals surface area contributed by atoms with Gasteiger partial charge < -0.3 is 35.6 Å². The molecule has 1 amide bonds. The predicted octanol–water partition coefficient (Wildman–Crippen LogP) is 6.90. The van der Waals surface area contributed by atoms with E-state index in [0.29, 0.717) is 57.7 Å². The maximum absolute atomic E-state index is 12.8. The predicted molar refractivity (Wildman–Crippen MR) is 263 cm³/mol. The van der Waals surface area contributed by atoms with Crippen LogP contribution in [0.25, 0.3) is 55.7 Å². The molecule has 8 heterocycles. The maximum atomic E-state index is 12.8. The van der Waals surface area contributed by atoms with E-state index >= 15 is 0 Å². The van der Waals surface area contributed by atoms with E-state index in [2.05, 4.69) is 27.4 Å². The molecular weight excluding hydrogens is 873 g/mol. The zero-order valence-corrected chi connectivity index (χ0v) is 38.4. The number of fused-ring (bicyclic) bond motifs is 2. The van der Waals surface area contributed by atoms with Crippen LogP contribution in [-0.2, 0) is 4.74 Å². The van der Waals surface area contributed by atoms with Crippen LogP contribution in [0.2, 0.25) is 0 Å². The molecule has 8 aromatic rings. The van der Waals surface area contributed by atoms with Gasteiger partial charge in [-0.2, -0.15) is 20.7 Å². The normalized spacial score (nSPS) is 16.0. The van der Waals surface area contributed by atoms with Crippen molar-refractivity contribution in [1.82, 2.24) is 48.9 Å². The van der Waals surface area contributed by atoms with Gasteiger partial charge in [0.25, 0.3) is 0 Å². The average Bonchev–Trinajstić information content (AvgIpc) is 3.97. The van der Waals surface area contributed by atoms with Crippen LogP contribution in [0.15, 0.2) is 120 Å². The van der Waals surface area contributed by atoms with Gasteiger partial charge in [0.1, 0.15) is 40.8 Å². The molecule has 0 unspecified atom stereocenters. The van der Waals surface area contributed by atoms with E-state index in [1.807, 2.05) is 87.8 Å². The first-order valence-electron chi connectivity index (χ1n) is 22.7. The molecule has 0 bridgehead atoms. The zero-order valence-electron chi connectivity index (χ0n) is 38.4. The highest BCUT2D eigenvalue weighted by molar-refractivity contribution is 6.03. The molecule has 18 nitrogen and oxygen atoms in total. The Morgan fingerprint density at radius 3 is 1.59 bits per heavy atom. The smallest absolute Gasteiger partial charge is 0.410 e. The number of carbonyl (C=O) groups is 1. The number of rotatable bonds is 6. The number of ether oxygens (including phenoxy) is 1. The molecule has 0 aliphatic carbocycles. The number of benzene rings is 2. The van der Waals surface area contributed by atoms with Crippen molar-refractivity contribution in [2.45, 2.75) is 64.1 Å². The molecular formula is C51H50N14O4. The van der Waals surface area contributed by atoms with Crippen molar-refractivity contribution in [2.75, 3.05) is 37.6 Å². The fraction of sp³-hybridized carbons (Fsp3) is 0.275. The number of piperidine rings is 2. The van der Waals surface area contributed by atoms with E-state index in [0.717, 1.165) is 66.8 Å². The molecule has 2 fully saturated rings. The number of nitriles is 2. The Kier molecular flexibility index (Phi) is 12.5. The quantitative estimate of drug-likeness (QED) is 0.154. The molecule has 2 aromatic carbocycles. The molecule has 0 spiro atoms. The lowest BCUT2D eigenvalue weighted by molar-refractivity contribution is 0.0169. The van der Waals surface area contributed by atoms with Gasteiger partial charge in [0.15, 0.2) is 10.9 Å². The number of nitrogens with two attached hydrogens (primary N) is 2. The van der Waals surface area contributed by atoms with Crippen LogP contribution in [0.1, 0.15) is 69.7 Å². The van der Waals surface area contributed by atoms with E-state index in [4.69, 9.17) is 26.4 Å². The van der Waals surface area contributed by atoms with Gasteiger partial charge in [-0.3, -0.25) is 19.0 Å². The largest absolute Gasteiger partial charge is 0.444 e. The Morgan fingerprint density at radius 2 is 1.16 bits per heavy atom. The second-order valence-electron chi connectivity index (χ2n) is 18.1. The average molecular weight is 923 g/mol. The SMILES string of the molecule is CC(C)(C)OC(=O)N1CCC[C@@H](n2nc(-c3ccc(-n4ccc(=O)cc4)cc3)c3c(N)ncc(C#N)c32)C1.N#Cc1cnc(N)c2c(-c3ccc(-n4ccc(=O)cc4)cc3)nn([C@@H]3CCCNC3)c12. The lowest BCUT2D eigenvalue weighted by Crippen LogP contribution is -2.43. The number of hydrogen-bond donors (Lipinski definition) is 3. The number of amides is 1. The van der Waals surface area contributed by atoms with Crippen LogP contribution in [0.5, 0.6) is 0 Å². The summed E-state index contributed by atoms with van der Waals surface area (Å²) in [6.45, 7) is 8.33. The molecule has 0 saturated carbocycles. The Labute approximate surface area is 396 Å². The lowest BCUT2D eigenvalue weighted by atomic mass is 10.0. The topological polar surface area (TPSA) is 247 Å². The summed E-state index contributed by atoms with van der Waals surface area (Å²) in [6.07, 6.45) is 13.1. The summed E-state index contributed by atoms with van der Waals surface area (Å²) in [5.74, 6) is 0.646. The zero-order chi connectivity index (χ0) is 48.4. The van der Waals surface area contributed by atoms with E-state index in [-0.39, 0.29) is 34.9 Å². The van der Waals surface area contributed by atoms with Gasteiger partial charge in [-0.15, -0.1) is 0 Å². The summed E-state index contributed by atoms with van der Waals surface area (Å²) in [4.78, 5) is 45.8. The summed E-state index contributed by atoms with van der Waals surface area (Å²) in [5, 5.41) is 34.2. The highest BCUT2D eigenvalue weighted by Gasteiger charge is 2.32. The number of anilines is 2. The van der Waals surface area contributed by atoms with E-state index in [9.17, 15) is 24.9 Å². The Morgan fingerprint density at radius 1 is 0.696 bits per heavy atom. The van der Waals surface area contributed by atoms with Crippen molar-refractivity contribution in [3.8, 4) is 46.0 Å². The molecule has 6 aromatic heterocycles. The molecule has 0 radical (unpaired) electrons. The summed E-state index contributed by atoms with van der Waals surface area (Å²) >= 11 is 0. The number of hydrogen-bond acceptors (Lipinski definition) is 13. The van der Waals surface area contributed by atoms with Gasteiger partial charge in [0.2, 0.25) is 0 Å². The summed E-state index contributed by atoms with van der Waals surface area (Å²) in [7, 11) is 0. The van der Waals surface area contributed by atoms with E-state index in [1.165, 1.54) is 36.7 Å².